The van der Waals surface area contributed by atoms with E-state index in [0.717, 1.165) is 53.4 Å². The number of likely N-dealkylation sites (N-methyl/N-ethyl adjacent to an activating group) is 1. The predicted octanol–water partition coefficient (Wildman–Crippen LogP) is 5.28. The van der Waals surface area contributed by atoms with Crippen molar-refractivity contribution in [3.8, 4) is 29.1 Å². The molecule has 1 atom stereocenters. The van der Waals surface area contributed by atoms with Gasteiger partial charge in [-0.05, 0) is 92.5 Å². The number of ether oxygens (including phenoxy) is 3. The molecule has 0 aliphatic rings. The van der Waals surface area contributed by atoms with Gasteiger partial charge in [0.05, 0.1) is 21.3 Å². The first kappa shape index (κ1) is 27.0. The Labute approximate surface area is 216 Å². The molecule has 0 saturated heterocycles. The summed E-state index contributed by atoms with van der Waals surface area (Å²) in [6.07, 6.45) is 1.80. The molecule has 3 aromatic carbocycles. The molecule has 3 rings (SSSR count). The van der Waals surface area contributed by atoms with Crippen LogP contribution in [0.4, 0.5) is 5.69 Å². The van der Waals surface area contributed by atoms with Gasteiger partial charge in [0.1, 0.15) is 5.75 Å². The lowest BCUT2D eigenvalue weighted by Gasteiger charge is -2.25. The maximum absolute atomic E-state index is 5.51. The maximum Gasteiger partial charge on any atom is 0.160 e. The molecule has 0 aliphatic carbocycles. The van der Waals surface area contributed by atoms with E-state index in [-0.39, 0.29) is 0 Å². The van der Waals surface area contributed by atoms with Crippen LogP contribution >= 0.6 is 0 Å². The van der Waals surface area contributed by atoms with Gasteiger partial charge in [0.2, 0.25) is 0 Å². The summed E-state index contributed by atoms with van der Waals surface area (Å²) in [7, 11) is 11.3. The predicted molar refractivity (Wildman–Crippen MR) is 149 cm³/mol. The molecule has 0 bridgehead atoms. The zero-order chi connectivity index (χ0) is 26.1. The SMILES string of the molecule is COc1ccc(C#Cc2ccc(N(C)C)cc2)c(CC(C)N(C)CCc2ccc(OC)c(OC)c2)c1. The van der Waals surface area contributed by atoms with Gasteiger partial charge in [-0.15, -0.1) is 0 Å². The highest BCUT2D eigenvalue weighted by molar-refractivity contribution is 5.53. The third-order valence-corrected chi connectivity index (χ3v) is 6.51. The summed E-state index contributed by atoms with van der Waals surface area (Å²) in [6.45, 7) is 3.19. The van der Waals surface area contributed by atoms with Gasteiger partial charge in [0, 0.05) is 43.5 Å². The average molecular weight is 487 g/mol. The second-order valence-corrected chi connectivity index (χ2v) is 9.19. The molecular weight excluding hydrogens is 448 g/mol. The zero-order valence-corrected chi connectivity index (χ0v) is 22.6. The van der Waals surface area contributed by atoms with Gasteiger partial charge >= 0.3 is 0 Å². The van der Waals surface area contributed by atoms with Crippen molar-refractivity contribution in [1.29, 1.82) is 0 Å². The highest BCUT2D eigenvalue weighted by atomic mass is 16.5. The Morgan fingerprint density at radius 1 is 0.778 bits per heavy atom. The van der Waals surface area contributed by atoms with Crippen molar-refractivity contribution in [2.75, 3.05) is 53.9 Å². The van der Waals surface area contributed by atoms with Gasteiger partial charge in [-0.1, -0.05) is 17.9 Å². The number of hydrogen-bond acceptors (Lipinski definition) is 5. The third kappa shape index (κ3) is 7.19. The number of hydrogen-bond donors (Lipinski definition) is 0. The molecule has 1 unspecified atom stereocenters. The van der Waals surface area contributed by atoms with E-state index in [1.807, 2.05) is 26.2 Å². The van der Waals surface area contributed by atoms with Gasteiger partial charge in [0.15, 0.2) is 11.5 Å². The molecule has 0 heterocycles. The smallest absolute Gasteiger partial charge is 0.160 e. The molecule has 0 fully saturated rings. The second-order valence-electron chi connectivity index (χ2n) is 9.19. The Morgan fingerprint density at radius 3 is 2.14 bits per heavy atom. The molecule has 0 spiro atoms. The minimum absolute atomic E-state index is 0.331. The summed E-state index contributed by atoms with van der Waals surface area (Å²) in [5.41, 5.74) is 5.61. The van der Waals surface area contributed by atoms with E-state index in [2.05, 4.69) is 84.1 Å². The van der Waals surface area contributed by atoms with Crippen molar-refractivity contribution in [2.45, 2.75) is 25.8 Å². The average Bonchev–Trinajstić information content (AvgIpc) is 2.90. The van der Waals surface area contributed by atoms with Crippen LogP contribution in [0.3, 0.4) is 0 Å². The lowest BCUT2D eigenvalue weighted by molar-refractivity contribution is 0.259. The molecule has 0 N–H and O–H groups in total. The Morgan fingerprint density at radius 2 is 1.50 bits per heavy atom. The standard InChI is InChI=1S/C31H38N2O3/c1-23(33(4)19-18-25-11-17-30(35-6)31(21-25)36-7)20-27-22-29(34-5)16-13-26(27)12-8-24-9-14-28(15-10-24)32(2)3/h9-11,13-17,21-23H,18-20H2,1-7H3. The van der Waals surface area contributed by atoms with Gasteiger partial charge in [-0.25, -0.2) is 0 Å². The molecule has 0 radical (unpaired) electrons. The van der Waals surface area contributed by atoms with E-state index in [0.29, 0.717) is 6.04 Å². The van der Waals surface area contributed by atoms with Crippen LogP contribution in [0.2, 0.25) is 0 Å². The second kappa shape index (κ2) is 12.9. The summed E-state index contributed by atoms with van der Waals surface area (Å²) in [6, 6.07) is 20.9. The van der Waals surface area contributed by atoms with Crippen molar-refractivity contribution in [3.63, 3.8) is 0 Å². The van der Waals surface area contributed by atoms with E-state index in [1.165, 1.54) is 11.1 Å². The monoisotopic (exact) mass is 486 g/mol. The molecule has 36 heavy (non-hydrogen) atoms. The first-order valence-electron chi connectivity index (χ1n) is 12.2. The normalized spacial score (nSPS) is 11.4. The Balaban J connectivity index is 1.71. The molecule has 0 saturated carbocycles. The van der Waals surface area contributed by atoms with Crippen molar-refractivity contribution >= 4 is 5.69 Å². The first-order valence-corrected chi connectivity index (χ1v) is 12.2. The van der Waals surface area contributed by atoms with Gasteiger partial charge < -0.3 is 24.0 Å². The molecule has 5 nitrogen and oxygen atoms in total. The quantitative estimate of drug-likeness (QED) is 0.364. The van der Waals surface area contributed by atoms with Crippen LogP contribution in [0.25, 0.3) is 0 Å². The van der Waals surface area contributed by atoms with E-state index in [9.17, 15) is 0 Å². The van der Waals surface area contributed by atoms with E-state index in [4.69, 9.17) is 14.2 Å². The molecular formula is C31H38N2O3. The fourth-order valence-electron chi connectivity index (χ4n) is 4.01. The van der Waals surface area contributed by atoms with Crippen LogP contribution in [-0.4, -0.2) is 60.0 Å². The summed E-state index contributed by atoms with van der Waals surface area (Å²) in [5.74, 6) is 9.09. The van der Waals surface area contributed by atoms with Gasteiger partial charge in [0.25, 0.3) is 0 Å². The Hall–Kier alpha value is -3.62. The van der Waals surface area contributed by atoms with E-state index in [1.54, 1.807) is 21.3 Å². The van der Waals surface area contributed by atoms with Crippen LogP contribution in [0.15, 0.2) is 60.7 Å². The lowest BCUT2D eigenvalue weighted by Crippen LogP contribution is -2.32. The summed E-state index contributed by atoms with van der Waals surface area (Å²) in [5, 5.41) is 0. The number of nitrogens with zero attached hydrogens (tertiary/aromatic N) is 2. The molecule has 5 heteroatoms. The highest BCUT2D eigenvalue weighted by Gasteiger charge is 2.14. The van der Waals surface area contributed by atoms with Crippen molar-refractivity contribution < 1.29 is 14.2 Å². The van der Waals surface area contributed by atoms with Crippen LogP contribution in [0, 0.1) is 11.8 Å². The van der Waals surface area contributed by atoms with Crippen LogP contribution in [0.5, 0.6) is 17.2 Å². The highest BCUT2D eigenvalue weighted by Crippen LogP contribution is 2.28. The van der Waals surface area contributed by atoms with Gasteiger partial charge in [-0.3, -0.25) is 0 Å². The largest absolute Gasteiger partial charge is 0.497 e. The fraction of sp³-hybridized carbons (Fsp3) is 0.355. The summed E-state index contributed by atoms with van der Waals surface area (Å²) in [4.78, 5) is 4.47. The topological polar surface area (TPSA) is 34.2 Å². The van der Waals surface area contributed by atoms with Gasteiger partial charge in [-0.2, -0.15) is 0 Å². The van der Waals surface area contributed by atoms with Crippen molar-refractivity contribution in [1.82, 2.24) is 4.90 Å². The minimum atomic E-state index is 0.331. The fourth-order valence-corrected chi connectivity index (χ4v) is 4.01. The Bertz CT molecular complexity index is 1190. The number of methoxy groups -OCH3 is 3. The zero-order valence-electron chi connectivity index (χ0n) is 22.6. The maximum atomic E-state index is 5.51. The van der Waals surface area contributed by atoms with Crippen molar-refractivity contribution in [2.24, 2.45) is 0 Å². The third-order valence-electron chi connectivity index (χ3n) is 6.51. The first-order chi connectivity index (χ1) is 17.3. The minimum Gasteiger partial charge on any atom is -0.497 e. The number of rotatable bonds is 10. The molecule has 3 aromatic rings. The molecule has 0 aromatic heterocycles. The van der Waals surface area contributed by atoms with Crippen molar-refractivity contribution in [3.05, 3.63) is 82.9 Å². The van der Waals surface area contributed by atoms with Crippen LogP contribution in [0.1, 0.15) is 29.2 Å². The van der Waals surface area contributed by atoms with E-state index >= 15 is 0 Å². The lowest BCUT2D eigenvalue weighted by atomic mass is 9.99. The van der Waals surface area contributed by atoms with E-state index < -0.39 is 0 Å². The summed E-state index contributed by atoms with van der Waals surface area (Å²) < 4.78 is 16.3. The number of benzene rings is 3. The number of anilines is 1. The van der Waals surface area contributed by atoms with Crippen LogP contribution < -0.4 is 19.1 Å². The van der Waals surface area contributed by atoms with Crippen LogP contribution in [-0.2, 0) is 12.8 Å². The Kier molecular flexibility index (Phi) is 9.67. The molecule has 0 aliphatic heterocycles. The summed E-state index contributed by atoms with van der Waals surface area (Å²) >= 11 is 0. The molecule has 190 valence electrons. The molecule has 0 amide bonds.